The van der Waals surface area contributed by atoms with Gasteiger partial charge in [-0.05, 0) is 6.92 Å². The van der Waals surface area contributed by atoms with Gasteiger partial charge in [-0.1, -0.05) is 0 Å². The second kappa shape index (κ2) is 6.32. The van der Waals surface area contributed by atoms with Crippen LogP contribution in [-0.4, -0.2) is 70.9 Å². The first kappa shape index (κ1) is 17.2. The fraction of sp³-hybridized carbons (Fsp3) is 0.786. The zero-order chi connectivity index (χ0) is 17.5. The summed E-state index contributed by atoms with van der Waals surface area (Å²) in [6.07, 6.45) is -4.96. The van der Waals surface area contributed by atoms with Gasteiger partial charge in [-0.3, -0.25) is 9.69 Å². The van der Waals surface area contributed by atoms with E-state index in [4.69, 9.17) is 9.15 Å². The third-order valence-electron chi connectivity index (χ3n) is 4.10. The minimum atomic E-state index is -4.23. The SMILES string of the molecule is Cc1nnc([C@H]2CN(C(=O)C3CN(CC(F)(F)F)C3)C[C@@H](C)O2)o1. The lowest BCUT2D eigenvalue weighted by molar-refractivity contribution is -0.171. The molecular formula is C14H19F3N4O3. The Labute approximate surface area is 136 Å². The Morgan fingerprint density at radius 1 is 1.25 bits per heavy atom. The van der Waals surface area contributed by atoms with Gasteiger partial charge in [-0.2, -0.15) is 13.2 Å². The average Bonchev–Trinajstić information content (AvgIpc) is 2.87. The summed E-state index contributed by atoms with van der Waals surface area (Å²) >= 11 is 0. The first-order valence-electron chi connectivity index (χ1n) is 7.74. The van der Waals surface area contributed by atoms with Gasteiger partial charge in [0.2, 0.25) is 17.7 Å². The molecule has 1 amide bonds. The van der Waals surface area contributed by atoms with Crippen LogP contribution in [0.15, 0.2) is 4.42 Å². The number of halogens is 3. The molecule has 2 aliphatic heterocycles. The number of aromatic nitrogens is 2. The Hall–Kier alpha value is -1.68. The molecule has 0 aliphatic carbocycles. The Bertz CT molecular complexity index is 600. The van der Waals surface area contributed by atoms with Crippen molar-refractivity contribution < 1.29 is 27.1 Å². The number of nitrogens with zero attached hydrogens (tertiary/aromatic N) is 4. The molecule has 3 heterocycles. The van der Waals surface area contributed by atoms with Crippen LogP contribution in [-0.2, 0) is 9.53 Å². The maximum atomic E-state index is 12.5. The Balaban J connectivity index is 1.57. The molecule has 0 unspecified atom stereocenters. The quantitative estimate of drug-likeness (QED) is 0.816. The van der Waals surface area contributed by atoms with Gasteiger partial charge in [0.15, 0.2) is 6.10 Å². The highest BCUT2D eigenvalue weighted by Crippen LogP contribution is 2.28. The molecule has 7 nitrogen and oxygen atoms in total. The van der Waals surface area contributed by atoms with Crippen molar-refractivity contribution >= 4 is 5.91 Å². The van der Waals surface area contributed by atoms with Gasteiger partial charge in [0.05, 0.1) is 25.1 Å². The number of hydrogen-bond acceptors (Lipinski definition) is 6. The molecule has 1 aromatic rings. The Morgan fingerprint density at radius 3 is 2.54 bits per heavy atom. The van der Waals surface area contributed by atoms with Crippen molar-refractivity contribution in [2.45, 2.75) is 32.2 Å². The molecule has 0 radical (unpaired) electrons. The highest BCUT2D eigenvalue weighted by atomic mass is 19.4. The molecule has 0 N–H and O–H groups in total. The normalized spacial score (nSPS) is 26.5. The molecule has 0 spiro atoms. The number of aryl methyl sites for hydroxylation is 1. The molecule has 2 fully saturated rings. The number of morpholine rings is 1. The molecule has 3 rings (SSSR count). The van der Waals surface area contributed by atoms with E-state index in [1.807, 2.05) is 6.92 Å². The zero-order valence-electron chi connectivity index (χ0n) is 13.4. The van der Waals surface area contributed by atoms with Gasteiger partial charge in [-0.15, -0.1) is 10.2 Å². The lowest BCUT2D eigenvalue weighted by Gasteiger charge is -2.43. The van der Waals surface area contributed by atoms with E-state index in [0.717, 1.165) is 0 Å². The van der Waals surface area contributed by atoms with Crippen molar-refractivity contribution in [2.75, 3.05) is 32.7 Å². The molecule has 0 saturated carbocycles. The number of carbonyl (C=O) groups excluding carboxylic acids is 1. The van der Waals surface area contributed by atoms with Crippen LogP contribution in [0.3, 0.4) is 0 Å². The van der Waals surface area contributed by atoms with Gasteiger partial charge in [0, 0.05) is 26.6 Å². The molecule has 2 atom stereocenters. The third-order valence-corrected chi connectivity index (χ3v) is 4.10. The lowest BCUT2D eigenvalue weighted by atomic mass is 9.97. The molecule has 0 bridgehead atoms. The van der Waals surface area contributed by atoms with E-state index in [2.05, 4.69) is 10.2 Å². The first-order valence-corrected chi connectivity index (χ1v) is 7.74. The number of rotatable bonds is 3. The lowest BCUT2D eigenvalue weighted by Crippen LogP contribution is -2.58. The average molecular weight is 348 g/mol. The summed E-state index contributed by atoms with van der Waals surface area (Å²) in [6, 6.07) is 0. The highest BCUT2D eigenvalue weighted by molar-refractivity contribution is 5.80. The third kappa shape index (κ3) is 3.86. The Kier molecular flexibility index (Phi) is 4.52. The molecule has 10 heteroatoms. The predicted octanol–water partition coefficient (Wildman–Crippen LogP) is 1.16. The van der Waals surface area contributed by atoms with E-state index in [-0.39, 0.29) is 31.6 Å². The van der Waals surface area contributed by atoms with Gasteiger partial charge in [0.25, 0.3) is 0 Å². The van der Waals surface area contributed by atoms with Crippen molar-refractivity contribution in [3.05, 3.63) is 11.8 Å². The molecule has 2 aliphatic rings. The minimum absolute atomic E-state index is 0.133. The summed E-state index contributed by atoms with van der Waals surface area (Å²) in [7, 11) is 0. The summed E-state index contributed by atoms with van der Waals surface area (Å²) in [4.78, 5) is 15.4. The van der Waals surface area contributed by atoms with Gasteiger partial charge in [-0.25, -0.2) is 0 Å². The zero-order valence-corrected chi connectivity index (χ0v) is 13.4. The van der Waals surface area contributed by atoms with E-state index < -0.39 is 24.7 Å². The molecular weight excluding hydrogens is 329 g/mol. The topological polar surface area (TPSA) is 71.7 Å². The minimum Gasteiger partial charge on any atom is -0.423 e. The summed E-state index contributed by atoms with van der Waals surface area (Å²) in [6.45, 7) is 3.45. The first-order chi connectivity index (χ1) is 11.2. The van der Waals surface area contributed by atoms with E-state index in [0.29, 0.717) is 18.3 Å². The van der Waals surface area contributed by atoms with Gasteiger partial charge in [0.1, 0.15) is 0 Å². The molecule has 134 valence electrons. The summed E-state index contributed by atoms with van der Waals surface area (Å²) in [5.41, 5.74) is 0. The second-order valence-electron chi connectivity index (χ2n) is 6.34. The van der Waals surface area contributed by atoms with E-state index in [1.54, 1.807) is 11.8 Å². The van der Waals surface area contributed by atoms with Crippen LogP contribution in [0, 0.1) is 12.8 Å². The number of hydrogen-bond donors (Lipinski definition) is 0. The fourth-order valence-electron chi connectivity index (χ4n) is 3.08. The second-order valence-corrected chi connectivity index (χ2v) is 6.34. The van der Waals surface area contributed by atoms with Gasteiger partial charge >= 0.3 is 6.18 Å². The molecule has 1 aromatic heterocycles. The number of ether oxygens (including phenoxy) is 1. The van der Waals surface area contributed by atoms with Crippen LogP contribution >= 0.6 is 0 Å². The van der Waals surface area contributed by atoms with Crippen molar-refractivity contribution in [2.24, 2.45) is 5.92 Å². The monoisotopic (exact) mass is 348 g/mol. The van der Waals surface area contributed by atoms with Crippen LogP contribution in [0.4, 0.5) is 13.2 Å². The van der Waals surface area contributed by atoms with Crippen molar-refractivity contribution in [3.8, 4) is 0 Å². The number of amides is 1. The Morgan fingerprint density at radius 2 is 1.96 bits per heavy atom. The standard InChI is InChI=1S/C14H19F3N4O3/c1-8-3-21(6-11(23-8)12-19-18-9(2)24-12)13(22)10-4-20(5-10)7-14(15,16)17/h8,10-11H,3-7H2,1-2H3/t8-,11-/m1/s1. The van der Waals surface area contributed by atoms with Crippen LogP contribution < -0.4 is 0 Å². The van der Waals surface area contributed by atoms with Crippen LogP contribution in [0.1, 0.15) is 24.8 Å². The summed E-state index contributed by atoms with van der Waals surface area (Å²) in [5, 5.41) is 7.67. The van der Waals surface area contributed by atoms with Crippen molar-refractivity contribution in [1.29, 1.82) is 0 Å². The van der Waals surface area contributed by atoms with E-state index in [1.165, 1.54) is 4.90 Å². The predicted molar refractivity (Wildman–Crippen MR) is 74.9 cm³/mol. The summed E-state index contributed by atoms with van der Waals surface area (Å²) in [5.74, 6) is 0.170. The maximum Gasteiger partial charge on any atom is 0.401 e. The molecule has 0 aromatic carbocycles. The largest absolute Gasteiger partial charge is 0.423 e. The highest BCUT2D eigenvalue weighted by Gasteiger charge is 2.42. The number of carbonyl (C=O) groups is 1. The van der Waals surface area contributed by atoms with Crippen LogP contribution in [0.2, 0.25) is 0 Å². The van der Waals surface area contributed by atoms with Gasteiger partial charge < -0.3 is 14.1 Å². The van der Waals surface area contributed by atoms with Crippen LogP contribution in [0.25, 0.3) is 0 Å². The smallest absolute Gasteiger partial charge is 0.401 e. The van der Waals surface area contributed by atoms with E-state index in [9.17, 15) is 18.0 Å². The number of likely N-dealkylation sites (tertiary alicyclic amines) is 1. The van der Waals surface area contributed by atoms with Crippen molar-refractivity contribution in [1.82, 2.24) is 20.0 Å². The molecule has 24 heavy (non-hydrogen) atoms. The maximum absolute atomic E-state index is 12.5. The number of alkyl halides is 3. The summed E-state index contributed by atoms with van der Waals surface area (Å²) < 4.78 is 48.1. The molecule has 2 saturated heterocycles. The fourth-order valence-corrected chi connectivity index (χ4v) is 3.08. The van der Waals surface area contributed by atoms with E-state index >= 15 is 0 Å². The van der Waals surface area contributed by atoms with Crippen molar-refractivity contribution in [3.63, 3.8) is 0 Å². The van der Waals surface area contributed by atoms with Crippen LogP contribution in [0.5, 0.6) is 0 Å².